The van der Waals surface area contributed by atoms with Gasteiger partial charge in [-0.2, -0.15) is 0 Å². The number of fused-ring (bicyclic) bond motifs is 1. The Morgan fingerprint density at radius 1 is 0.885 bits per heavy atom. The van der Waals surface area contributed by atoms with Crippen LogP contribution in [0.5, 0.6) is 0 Å². The first-order valence-electron chi connectivity index (χ1n) is 8.59. The van der Waals surface area contributed by atoms with Crippen molar-refractivity contribution in [3.63, 3.8) is 0 Å². The van der Waals surface area contributed by atoms with Crippen molar-refractivity contribution in [1.82, 2.24) is 0 Å². The predicted molar refractivity (Wildman–Crippen MR) is 106 cm³/mol. The molecule has 1 unspecified atom stereocenters. The molecule has 0 saturated heterocycles. The van der Waals surface area contributed by atoms with Crippen LogP contribution in [0, 0.1) is 6.92 Å². The molecule has 0 radical (unpaired) electrons. The fourth-order valence-corrected chi connectivity index (χ4v) is 3.63. The normalized spacial score (nSPS) is 13.7. The highest BCUT2D eigenvalue weighted by atomic mass is 35.5. The van der Waals surface area contributed by atoms with E-state index in [9.17, 15) is 5.11 Å². The maximum Gasteiger partial charge on any atom is 0.151 e. The third-order valence-electron chi connectivity index (χ3n) is 4.84. The Kier molecular flexibility index (Phi) is 4.31. The average molecular weight is 363 g/mol. The van der Waals surface area contributed by atoms with E-state index in [4.69, 9.17) is 16.0 Å². The molecule has 3 aromatic carbocycles. The minimum absolute atomic E-state index is 0.413. The number of halogens is 1. The van der Waals surface area contributed by atoms with E-state index in [0.717, 1.165) is 27.7 Å². The summed E-state index contributed by atoms with van der Waals surface area (Å²) in [6.07, 6.45) is 0.413. The Morgan fingerprint density at radius 2 is 1.54 bits per heavy atom. The van der Waals surface area contributed by atoms with E-state index in [1.54, 1.807) is 12.1 Å². The van der Waals surface area contributed by atoms with Gasteiger partial charge in [-0.15, -0.1) is 0 Å². The van der Waals surface area contributed by atoms with Crippen LogP contribution in [-0.2, 0) is 12.0 Å². The zero-order valence-electron chi connectivity index (χ0n) is 14.4. The highest BCUT2D eigenvalue weighted by molar-refractivity contribution is 6.30. The largest absolute Gasteiger partial charge is 0.457 e. The van der Waals surface area contributed by atoms with Crippen molar-refractivity contribution >= 4 is 22.6 Å². The van der Waals surface area contributed by atoms with Crippen molar-refractivity contribution in [2.24, 2.45) is 0 Å². The third kappa shape index (κ3) is 2.92. The second-order valence-electron chi connectivity index (χ2n) is 6.58. The maximum atomic E-state index is 11.8. The molecule has 4 rings (SSSR count). The summed E-state index contributed by atoms with van der Waals surface area (Å²) < 4.78 is 6.14. The number of para-hydroxylation sites is 1. The molecule has 1 N–H and O–H groups in total. The van der Waals surface area contributed by atoms with Crippen molar-refractivity contribution in [3.05, 3.63) is 106 Å². The van der Waals surface area contributed by atoms with Gasteiger partial charge in [-0.05, 0) is 36.2 Å². The minimum atomic E-state index is -1.28. The van der Waals surface area contributed by atoms with E-state index < -0.39 is 5.60 Å². The average Bonchev–Trinajstić information content (AvgIpc) is 3.01. The molecule has 0 aliphatic heterocycles. The van der Waals surface area contributed by atoms with E-state index >= 15 is 0 Å². The van der Waals surface area contributed by atoms with Crippen LogP contribution in [-0.4, -0.2) is 5.11 Å². The van der Waals surface area contributed by atoms with E-state index in [2.05, 4.69) is 0 Å². The Balaban J connectivity index is 1.92. The molecule has 0 fully saturated rings. The number of hydrogen-bond donors (Lipinski definition) is 1. The highest BCUT2D eigenvalue weighted by Gasteiger charge is 2.37. The van der Waals surface area contributed by atoms with Gasteiger partial charge in [0, 0.05) is 22.4 Å². The summed E-state index contributed by atoms with van der Waals surface area (Å²) in [6, 6.07) is 25.1. The number of aryl methyl sites for hydroxylation is 1. The van der Waals surface area contributed by atoms with Gasteiger partial charge in [0.15, 0.2) is 5.60 Å². The molecule has 0 bridgehead atoms. The Morgan fingerprint density at radius 3 is 2.23 bits per heavy atom. The second kappa shape index (κ2) is 6.64. The summed E-state index contributed by atoms with van der Waals surface area (Å²) in [4.78, 5) is 0. The van der Waals surface area contributed by atoms with Gasteiger partial charge >= 0.3 is 0 Å². The van der Waals surface area contributed by atoms with Gasteiger partial charge in [-0.25, -0.2) is 0 Å². The number of benzene rings is 3. The van der Waals surface area contributed by atoms with Crippen molar-refractivity contribution < 1.29 is 9.52 Å². The zero-order valence-corrected chi connectivity index (χ0v) is 15.2. The van der Waals surface area contributed by atoms with Crippen molar-refractivity contribution in [1.29, 1.82) is 0 Å². The summed E-state index contributed by atoms with van der Waals surface area (Å²) in [5.41, 5.74) is 2.24. The molecule has 130 valence electrons. The summed E-state index contributed by atoms with van der Waals surface area (Å²) in [7, 11) is 0. The van der Waals surface area contributed by atoms with Gasteiger partial charge in [-0.1, -0.05) is 72.3 Å². The van der Waals surface area contributed by atoms with Crippen LogP contribution in [0.2, 0.25) is 5.02 Å². The van der Waals surface area contributed by atoms with E-state index in [1.165, 1.54) is 0 Å². The SMILES string of the molecule is Cc1c(C(O)(Cc2ccccc2)c2ccc(Cl)cc2)oc2ccccc12. The van der Waals surface area contributed by atoms with Gasteiger partial charge in [0.05, 0.1) is 0 Å². The maximum absolute atomic E-state index is 11.8. The van der Waals surface area contributed by atoms with Crippen LogP contribution in [0.4, 0.5) is 0 Å². The molecular weight excluding hydrogens is 344 g/mol. The molecule has 4 aromatic rings. The monoisotopic (exact) mass is 362 g/mol. The van der Waals surface area contributed by atoms with Gasteiger partial charge in [0.1, 0.15) is 11.3 Å². The van der Waals surface area contributed by atoms with E-state index in [0.29, 0.717) is 17.2 Å². The lowest BCUT2D eigenvalue weighted by atomic mass is 9.83. The van der Waals surface area contributed by atoms with Crippen LogP contribution < -0.4 is 0 Å². The standard InChI is InChI=1S/C23H19ClO2/c1-16-20-9-5-6-10-21(20)26-22(16)23(25,15-17-7-3-2-4-8-17)18-11-13-19(24)14-12-18/h2-14,25H,15H2,1H3. The van der Waals surface area contributed by atoms with Crippen LogP contribution in [0.15, 0.2) is 83.3 Å². The van der Waals surface area contributed by atoms with Gasteiger partial charge in [-0.3, -0.25) is 0 Å². The van der Waals surface area contributed by atoms with E-state index in [1.807, 2.05) is 73.7 Å². The van der Waals surface area contributed by atoms with Crippen LogP contribution in [0.25, 0.3) is 11.0 Å². The molecule has 0 spiro atoms. The smallest absolute Gasteiger partial charge is 0.151 e. The van der Waals surface area contributed by atoms with Gasteiger partial charge in [0.2, 0.25) is 0 Å². The lowest BCUT2D eigenvalue weighted by Gasteiger charge is -2.28. The molecular formula is C23H19ClO2. The molecule has 1 atom stereocenters. The molecule has 0 aliphatic carbocycles. The zero-order chi connectivity index (χ0) is 18.1. The van der Waals surface area contributed by atoms with Crippen LogP contribution in [0.3, 0.4) is 0 Å². The van der Waals surface area contributed by atoms with E-state index in [-0.39, 0.29) is 0 Å². The molecule has 0 amide bonds. The minimum Gasteiger partial charge on any atom is -0.457 e. The van der Waals surface area contributed by atoms with Gasteiger partial charge in [0.25, 0.3) is 0 Å². The number of aliphatic hydroxyl groups is 1. The molecule has 26 heavy (non-hydrogen) atoms. The Bertz CT molecular complexity index is 1030. The predicted octanol–water partition coefficient (Wildman–Crippen LogP) is 5.87. The first kappa shape index (κ1) is 16.9. The first-order valence-corrected chi connectivity index (χ1v) is 8.97. The second-order valence-corrected chi connectivity index (χ2v) is 7.02. The molecule has 2 nitrogen and oxygen atoms in total. The Labute approximate surface area is 157 Å². The van der Waals surface area contributed by atoms with Crippen LogP contribution >= 0.6 is 11.6 Å². The van der Waals surface area contributed by atoms with Crippen molar-refractivity contribution in [2.45, 2.75) is 18.9 Å². The fourth-order valence-electron chi connectivity index (χ4n) is 3.50. The summed E-state index contributed by atoms with van der Waals surface area (Å²) in [5, 5.41) is 13.5. The summed E-state index contributed by atoms with van der Waals surface area (Å²) >= 11 is 6.06. The highest BCUT2D eigenvalue weighted by Crippen LogP contribution is 2.39. The first-order chi connectivity index (χ1) is 12.6. The molecule has 1 heterocycles. The molecule has 0 aliphatic rings. The fraction of sp³-hybridized carbons (Fsp3) is 0.130. The summed E-state index contributed by atoms with van der Waals surface area (Å²) in [5.74, 6) is 0.574. The number of hydrogen-bond acceptors (Lipinski definition) is 2. The quantitative estimate of drug-likeness (QED) is 0.492. The molecule has 3 heteroatoms. The van der Waals surface area contributed by atoms with Crippen LogP contribution in [0.1, 0.15) is 22.5 Å². The Hall–Kier alpha value is -2.55. The lowest BCUT2D eigenvalue weighted by Crippen LogP contribution is -2.30. The van der Waals surface area contributed by atoms with Gasteiger partial charge < -0.3 is 9.52 Å². The number of furan rings is 1. The van der Waals surface area contributed by atoms with Crippen molar-refractivity contribution in [3.8, 4) is 0 Å². The lowest BCUT2D eigenvalue weighted by molar-refractivity contribution is 0.0579. The molecule has 1 aromatic heterocycles. The number of rotatable bonds is 4. The molecule has 0 saturated carbocycles. The summed E-state index contributed by atoms with van der Waals surface area (Å²) in [6.45, 7) is 1.99. The third-order valence-corrected chi connectivity index (χ3v) is 5.10. The van der Waals surface area contributed by atoms with Crippen molar-refractivity contribution in [2.75, 3.05) is 0 Å². The topological polar surface area (TPSA) is 33.4 Å².